The molecule has 9 amide bonds. The van der Waals surface area contributed by atoms with Crippen molar-refractivity contribution in [1.29, 1.82) is 0 Å². The third-order valence-corrected chi connectivity index (χ3v) is 23.2. The summed E-state index contributed by atoms with van der Waals surface area (Å²) in [6.45, 7) is 16.8. The summed E-state index contributed by atoms with van der Waals surface area (Å²) in [5.41, 5.74) is 6.82. The van der Waals surface area contributed by atoms with E-state index in [0.29, 0.717) is 73.1 Å². The van der Waals surface area contributed by atoms with Gasteiger partial charge in [-0.25, -0.2) is 4.79 Å². The first kappa shape index (κ1) is 90.0. The van der Waals surface area contributed by atoms with Gasteiger partial charge in [-0.05, 0) is 111 Å². The minimum Gasteiger partial charge on any atom is -0.497 e. The number of unbranched alkanes of at least 4 members (excludes halogenated alkanes) is 3. The van der Waals surface area contributed by atoms with Crippen LogP contribution < -0.4 is 31.7 Å². The molecule has 596 valence electrons. The standard InChI is InChI=1S/C80H123N9O17S/c1-17-51(8)73(87(13)77(100)60(49(4)5)40-64(92)72(50(6)7)86(11)12)66(104-15)41-70(96)89-45-56(38-62(89)74(105-16)52(9)75(98)83-44-65(93)55-24-23-26-58(37-55)103-14)84-79(102)106-46-54-31-29-53(30-32-54)36-63(91)61(27-20-21-28-68(81)94)85-76(99)59(48(2)3)39-57(90)25-19-18-22-35-88-71(97)42-67(78(88)101)107-47-80(33-34-80)43-69(95)82-10/h23-24,26,29-32,37,48-52,56,59-62,66-67,72-74H,17-22,25,27-28,33-36,38-47H2,1-16H3,(H2,81,94)(H,82,95)(H,83,98)(H,84,102)(H,85,99)/t51-,52+,56-,59-,60-,61-,62-,66+,67?,72-,73-,74+/m0/s1. The van der Waals surface area contributed by atoms with Gasteiger partial charge in [0.25, 0.3) is 0 Å². The molecule has 2 aliphatic heterocycles. The summed E-state index contributed by atoms with van der Waals surface area (Å²) in [5, 5.41) is 10.8. The summed E-state index contributed by atoms with van der Waals surface area (Å²) in [7, 11) is 11.4. The van der Waals surface area contributed by atoms with Crippen LogP contribution in [0.2, 0.25) is 0 Å². The molecule has 0 spiro atoms. The van der Waals surface area contributed by atoms with Gasteiger partial charge in [-0.15, -0.1) is 11.8 Å². The topological polar surface area (TPSA) is 346 Å². The number of amides is 9. The van der Waals surface area contributed by atoms with Crippen molar-refractivity contribution in [2.24, 2.45) is 52.6 Å². The zero-order valence-corrected chi connectivity index (χ0v) is 67.1. The van der Waals surface area contributed by atoms with E-state index in [2.05, 4.69) is 21.3 Å². The molecule has 2 heterocycles. The fourth-order valence-electron chi connectivity index (χ4n) is 14.8. The number of methoxy groups -OCH3 is 3. The number of nitrogens with one attached hydrogen (secondary N) is 4. The number of nitrogens with zero attached hydrogens (tertiary/aromatic N) is 4. The smallest absolute Gasteiger partial charge is 0.407 e. The van der Waals surface area contributed by atoms with E-state index in [1.807, 2.05) is 74.4 Å². The van der Waals surface area contributed by atoms with Crippen molar-refractivity contribution in [3.05, 3.63) is 65.2 Å². The third kappa shape index (κ3) is 27.2. The number of hydrogen-bond acceptors (Lipinski definition) is 19. The summed E-state index contributed by atoms with van der Waals surface area (Å²) < 4.78 is 23.3. The Kier molecular flexibility index (Phi) is 36.6. The van der Waals surface area contributed by atoms with Crippen molar-refractivity contribution in [2.45, 2.75) is 232 Å². The Morgan fingerprint density at radius 2 is 1.42 bits per heavy atom. The number of likely N-dealkylation sites (N-methyl/N-ethyl adjacent to an activating group) is 2. The number of imide groups is 1. The van der Waals surface area contributed by atoms with Gasteiger partial charge in [0.15, 0.2) is 17.3 Å². The van der Waals surface area contributed by atoms with Gasteiger partial charge in [-0.3, -0.25) is 67.3 Å². The Morgan fingerprint density at radius 1 is 0.757 bits per heavy atom. The van der Waals surface area contributed by atoms with Crippen LogP contribution in [-0.4, -0.2) is 219 Å². The average Bonchev–Trinajstić information content (AvgIpc) is 1.74. The number of nitrogens with two attached hydrogens (primary N) is 1. The summed E-state index contributed by atoms with van der Waals surface area (Å²) in [5.74, 6) is -5.25. The molecule has 1 unspecified atom stereocenters. The predicted octanol–water partition coefficient (Wildman–Crippen LogP) is 7.85. The largest absolute Gasteiger partial charge is 0.497 e. The first-order valence-electron chi connectivity index (χ1n) is 38.2. The second kappa shape index (κ2) is 43.5. The molecule has 3 fully saturated rings. The van der Waals surface area contributed by atoms with Gasteiger partial charge in [-0.1, -0.05) is 118 Å². The Labute approximate surface area is 638 Å². The van der Waals surface area contributed by atoms with Crippen molar-refractivity contribution >= 4 is 88.2 Å². The number of likely N-dealkylation sites (tertiary alicyclic amines) is 2. The molecule has 0 bridgehead atoms. The molecule has 26 nitrogen and oxygen atoms in total. The summed E-state index contributed by atoms with van der Waals surface area (Å²) >= 11 is 1.45. The van der Waals surface area contributed by atoms with E-state index < -0.39 is 95.1 Å². The molecule has 107 heavy (non-hydrogen) atoms. The highest BCUT2D eigenvalue weighted by Crippen LogP contribution is 2.52. The lowest BCUT2D eigenvalue weighted by molar-refractivity contribution is -0.149. The van der Waals surface area contributed by atoms with Gasteiger partial charge in [0, 0.05) is 110 Å². The lowest BCUT2D eigenvalue weighted by Gasteiger charge is -2.41. The number of alkyl carbamates (subject to hydrolysis) is 1. The van der Waals surface area contributed by atoms with Crippen molar-refractivity contribution in [1.82, 2.24) is 40.9 Å². The maximum Gasteiger partial charge on any atom is 0.407 e. The molecular formula is C80H123N9O17S. The number of ketones is 4. The second-order valence-electron chi connectivity index (χ2n) is 31.0. The zero-order valence-electron chi connectivity index (χ0n) is 66.3. The van der Waals surface area contributed by atoms with E-state index in [0.717, 1.165) is 12.8 Å². The normalized spacial score (nSPS) is 18.7. The molecule has 0 radical (unpaired) electrons. The molecule has 2 saturated heterocycles. The second-order valence-corrected chi connectivity index (χ2v) is 32.2. The Morgan fingerprint density at radius 3 is 2.01 bits per heavy atom. The number of benzene rings is 2. The van der Waals surface area contributed by atoms with E-state index in [9.17, 15) is 57.5 Å². The molecule has 3 aliphatic rings. The highest BCUT2D eigenvalue weighted by Gasteiger charge is 2.49. The first-order valence-corrected chi connectivity index (χ1v) is 39.2. The molecule has 0 aromatic heterocycles. The maximum absolute atomic E-state index is 15.1. The highest BCUT2D eigenvalue weighted by atomic mass is 32.2. The molecule has 6 N–H and O–H groups in total. The molecular weight excluding hydrogens is 1390 g/mol. The predicted molar refractivity (Wildman–Crippen MR) is 408 cm³/mol. The quantitative estimate of drug-likeness (QED) is 0.0239. The van der Waals surface area contributed by atoms with Crippen LogP contribution in [0.5, 0.6) is 5.75 Å². The molecule has 27 heteroatoms. The van der Waals surface area contributed by atoms with Crippen LogP contribution in [0.3, 0.4) is 0 Å². The van der Waals surface area contributed by atoms with E-state index in [4.69, 9.17) is 24.7 Å². The van der Waals surface area contributed by atoms with Crippen LogP contribution in [-0.2, 0) is 80.0 Å². The lowest BCUT2D eigenvalue weighted by Crippen LogP contribution is -2.54. The van der Waals surface area contributed by atoms with Crippen molar-refractivity contribution < 1.29 is 81.3 Å². The Bertz CT molecular complexity index is 3350. The number of Topliss-reactive ketones (excluding diaryl/α,β-unsaturated/α-hetero) is 4. The fourth-order valence-corrected chi connectivity index (χ4v) is 16.3. The van der Waals surface area contributed by atoms with Gasteiger partial charge in [0.05, 0.1) is 73.7 Å². The number of ether oxygens (including phenoxy) is 4. The average molecular weight is 1510 g/mol. The lowest BCUT2D eigenvalue weighted by atomic mass is 9.83. The summed E-state index contributed by atoms with van der Waals surface area (Å²) in [4.78, 5) is 183. The van der Waals surface area contributed by atoms with Gasteiger partial charge in [-0.2, -0.15) is 0 Å². The maximum atomic E-state index is 15.1. The van der Waals surface area contributed by atoms with Gasteiger partial charge < -0.3 is 55.7 Å². The summed E-state index contributed by atoms with van der Waals surface area (Å²) in [6.07, 6.45) is 3.06. The van der Waals surface area contributed by atoms with Crippen molar-refractivity contribution in [2.75, 3.05) is 74.9 Å². The van der Waals surface area contributed by atoms with Crippen LogP contribution in [0, 0.1) is 46.8 Å². The fraction of sp³-hybridized carbons (Fsp3) is 0.688. The SMILES string of the molecule is CC[C@H](C)[C@@H]([C@@H](CC(=O)N1C[C@@H](NC(=O)OCc2ccc(CC(=O)[C@H](CCCCC(N)=O)NC(=O)[C@@H](CC(=O)CCCCCN3C(=O)CC(SCC4(CC(=O)NC)CC4)C3=O)C(C)C)cc2)C[C@H]1[C@H](OC)[C@@H](C)C(=O)NCC(=O)c1cccc(OC)c1)OC)N(C)C(=O)[C@@H](CC(=O)[C@H](C(C)C)N(C)C)C(C)C. The van der Waals surface area contributed by atoms with Crippen LogP contribution in [0.25, 0.3) is 0 Å². The van der Waals surface area contributed by atoms with E-state index >= 15 is 4.79 Å². The van der Waals surface area contributed by atoms with E-state index in [-0.39, 0.29) is 160 Å². The number of carbonyl (C=O) groups excluding carboxylic acids is 13. The number of hydrogen-bond donors (Lipinski definition) is 5. The number of carbonyl (C=O) groups is 13. The van der Waals surface area contributed by atoms with Crippen molar-refractivity contribution in [3.63, 3.8) is 0 Å². The van der Waals surface area contributed by atoms with Crippen LogP contribution >= 0.6 is 11.8 Å². The number of thioether (sulfide) groups is 1. The van der Waals surface area contributed by atoms with Gasteiger partial charge in [0.2, 0.25) is 47.3 Å². The molecule has 1 saturated carbocycles. The molecule has 2 aromatic rings. The highest BCUT2D eigenvalue weighted by molar-refractivity contribution is 8.00. The molecule has 1 aliphatic carbocycles. The third-order valence-electron chi connectivity index (χ3n) is 21.6. The minimum atomic E-state index is -0.962. The van der Waals surface area contributed by atoms with E-state index in [1.165, 1.54) is 38.0 Å². The Hall–Kier alpha value is -7.62. The van der Waals surface area contributed by atoms with Crippen molar-refractivity contribution in [3.8, 4) is 5.75 Å². The van der Waals surface area contributed by atoms with Gasteiger partial charge in [0.1, 0.15) is 18.1 Å². The monoisotopic (exact) mass is 1510 g/mol. The van der Waals surface area contributed by atoms with Crippen LogP contribution in [0.15, 0.2) is 48.5 Å². The minimum absolute atomic E-state index is 0.0120. The zero-order chi connectivity index (χ0) is 79.6. The Balaban J connectivity index is 1.23. The van der Waals surface area contributed by atoms with E-state index in [1.54, 1.807) is 79.3 Å². The van der Waals surface area contributed by atoms with Gasteiger partial charge >= 0.3 is 6.09 Å². The molecule has 2 aromatic carbocycles. The number of primary amides is 1. The molecule has 12 atom stereocenters. The summed E-state index contributed by atoms with van der Waals surface area (Å²) in [6, 6.07) is 9.87. The number of rotatable bonds is 49. The van der Waals surface area contributed by atoms with Crippen LogP contribution in [0.4, 0.5) is 4.79 Å². The molecule has 5 rings (SSSR count). The first-order chi connectivity index (χ1) is 50.6. The van der Waals surface area contributed by atoms with Crippen LogP contribution in [0.1, 0.15) is 193 Å².